The molecular formula is C16H22BrNO. The van der Waals surface area contributed by atoms with Gasteiger partial charge in [-0.15, -0.1) is 0 Å². The molecule has 1 fully saturated rings. The van der Waals surface area contributed by atoms with Gasteiger partial charge < -0.3 is 4.90 Å². The van der Waals surface area contributed by atoms with E-state index in [0.717, 1.165) is 12.0 Å². The molecule has 1 saturated carbocycles. The normalized spacial score (nSPS) is 23.1. The number of aryl methyl sites for hydroxylation is 1. The Kier molecular flexibility index (Phi) is 5.03. The summed E-state index contributed by atoms with van der Waals surface area (Å²) in [6.07, 6.45) is 5.30. The summed E-state index contributed by atoms with van der Waals surface area (Å²) >= 11 is 3.73. The number of amides is 1. The molecular weight excluding hydrogens is 302 g/mol. The molecule has 104 valence electrons. The molecule has 0 heterocycles. The van der Waals surface area contributed by atoms with Gasteiger partial charge in [0.05, 0.1) is 6.42 Å². The average Bonchev–Trinajstić information content (AvgIpc) is 2.41. The van der Waals surface area contributed by atoms with Crippen molar-refractivity contribution in [2.24, 2.45) is 0 Å². The number of carbonyl (C=O) groups is 1. The number of nitrogens with zero attached hydrogens (tertiary/aromatic N) is 1. The van der Waals surface area contributed by atoms with E-state index in [2.05, 4.69) is 28.9 Å². The number of rotatable bonds is 3. The maximum absolute atomic E-state index is 12.4. The minimum absolute atomic E-state index is 0.227. The lowest BCUT2D eigenvalue weighted by Crippen LogP contribution is -2.44. The van der Waals surface area contributed by atoms with Crippen LogP contribution in [0.2, 0.25) is 0 Å². The Labute approximate surface area is 124 Å². The molecule has 1 amide bonds. The zero-order chi connectivity index (χ0) is 13.8. The van der Waals surface area contributed by atoms with Gasteiger partial charge in [-0.2, -0.15) is 0 Å². The van der Waals surface area contributed by atoms with E-state index in [4.69, 9.17) is 0 Å². The minimum atomic E-state index is 0.227. The molecule has 1 aliphatic rings. The standard InChI is InChI=1S/C16H22BrNO/c1-12-7-3-4-8-13(12)11-16(19)18(2)15-10-6-5-9-14(15)17/h3-4,7-8,14-15H,5-6,9-11H2,1-2H3. The maximum Gasteiger partial charge on any atom is 0.227 e. The first-order valence-corrected chi connectivity index (χ1v) is 7.95. The summed E-state index contributed by atoms with van der Waals surface area (Å²) in [6.45, 7) is 2.07. The third-order valence-electron chi connectivity index (χ3n) is 4.14. The van der Waals surface area contributed by atoms with Gasteiger partial charge in [-0.1, -0.05) is 53.0 Å². The summed E-state index contributed by atoms with van der Waals surface area (Å²) in [4.78, 5) is 14.8. The van der Waals surface area contributed by atoms with Crippen LogP contribution in [0, 0.1) is 6.92 Å². The molecule has 0 N–H and O–H groups in total. The van der Waals surface area contributed by atoms with E-state index in [1.54, 1.807) is 0 Å². The van der Waals surface area contributed by atoms with Crippen LogP contribution in [-0.4, -0.2) is 28.7 Å². The van der Waals surface area contributed by atoms with Crippen LogP contribution in [0.1, 0.15) is 36.8 Å². The van der Waals surface area contributed by atoms with Gasteiger partial charge in [0.2, 0.25) is 5.91 Å². The lowest BCUT2D eigenvalue weighted by molar-refractivity contribution is -0.131. The molecule has 1 aliphatic carbocycles. The highest BCUT2D eigenvalue weighted by molar-refractivity contribution is 9.09. The van der Waals surface area contributed by atoms with E-state index in [1.165, 1.54) is 24.8 Å². The van der Waals surface area contributed by atoms with E-state index in [9.17, 15) is 4.79 Å². The zero-order valence-electron chi connectivity index (χ0n) is 11.7. The molecule has 0 spiro atoms. The lowest BCUT2D eigenvalue weighted by Gasteiger charge is -2.35. The second-order valence-corrected chi connectivity index (χ2v) is 6.65. The largest absolute Gasteiger partial charge is 0.341 e. The Morgan fingerprint density at radius 1 is 1.32 bits per heavy atom. The van der Waals surface area contributed by atoms with Gasteiger partial charge in [0, 0.05) is 17.9 Å². The number of halogens is 1. The summed E-state index contributed by atoms with van der Waals surface area (Å²) in [7, 11) is 1.95. The summed E-state index contributed by atoms with van der Waals surface area (Å²) in [5.41, 5.74) is 2.34. The lowest BCUT2D eigenvalue weighted by atomic mass is 9.94. The topological polar surface area (TPSA) is 20.3 Å². The van der Waals surface area contributed by atoms with Crippen LogP contribution in [0.4, 0.5) is 0 Å². The Hall–Kier alpha value is -0.830. The zero-order valence-corrected chi connectivity index (χ0v) is 13.3. The van der Waals surface area contributed by atoms with E-state index >= 15 is 0 Å². The number of hydrogen-bond acceptors (Lipinski definition) is 1. The first-order valence-electron chi connectivity index (χ1n) is 7.04. The highest BCUT2D eigenvalue weighted by atomic mass is 79.9. The Balaban J connectivity index is 2.01. The number of alkyl halides is 1. The van der Waals surface area contributed by atoms with Crippen LogP contribution in [0.25, 0.3) is 0 Å². The average molecular weight is 324 g/mol. The molecule has 2 unspecified atom stereocenters. The fourth-order valence-corrected chi connectivity index (χ4v) is 3.73. The van der Waals surface area contributed by atoms with Crippen LogP contribution in [0.15, 0.2) is 24.3 Å². The van der Waals surface area contributed by atoms with Crippen molar-refractivity contribution in [2.45, 2.75) is 49.9 Å². The van der Waals surface area contributed by atoms with Crippen molar-refractivity contribution in [3.05, 3.63) is 35.4 Å². The van der Waals surface area contributed by atoms with E-state index < -0.39 is 0 Å². The van der Waals surface area contributed by atoms with Gasteiger partial charge in [-0.3, -0.25) is 4.79 Å². The molecule has 0 saturated heterocycles. The van der Waals surface area contributed by atoms with Gasteiger partial charge in [-0.25, -0.2) is 0 Å². The number of hydrogen-bond donors (Lipinski definition) is 0. The van der Waals surface area contributed by atoms with Crippen LogP contribution in [0.5, 0.6) is 0 Å². The number of benzene rings is 1. The van der Waals surface area contributed by atoms with Crippen LogP contribution >= 0.6 is 15.9 Å². The summed E-state index contributed by atoms with van der Waals surface area (Å²) < 4.78 is 0. The molecule has 0 bridgehead atoms. The van der Waals surface area contributed by atoms with Crippen LogP contribution < -0.4 is 0 Å². The molecule has 19 heavy (non-hydrogen) atoms. The second kappa shape index (κ2) is 6.56. The summed E-state index contributed by atoms with van der Waals surface area (Å²) in [5, 5.41) is 0. The van der Waals surface area contributed by atoms with Gasteiger partial charge in [0.25, 0.3) is 0 Å². The minimum Gasteiger partial charge on any atom is -0.341 e. The van der Waals surface area contributed by atoms with E-state index in [1.807, 2.05) is 30.1 Å². The predicted molar refractivity (Wildman–Crippen MR) is 82.6 cm³/mol. The van der Waals surface area contributed by atoms with Gasteiger partial charge in [0.1, 0.15) is 0 Å². The first-order chi connectivity index (χ1) is 9.09. The summed E-state index contributed by atoms with van der Waals surface area (Å²) in [6, 6.07) is 8.49. The molecule has 2 nitrogen and oxygen atoms in total. The maximum atomic E-state index is 12.4. The van der Waals surface area contributed by atoms with Crippen LogP contribution in [-0.2, 0) is 11.2 Å². The second-order valence-electron chi connectivity index (χ2n) is 5.48. The number of carbonyl (C=O) groups excluding carboxylic acids is 1. The van der Waals surface area contributed by atoms with Gasteiger partial charge in [0.15, 0.2) is 0 Å². The fraction of sp³-hybridized carbons (Fsp3) is 0.562. The van der Waals surface area contributed by atoms with Gasteiger partial charge >= 0.3 is 0 Å². The fourth-order valence-electron chi connectivity index (χ4n) is 2.78. The highest BCUT2D eigenvalue weighted by Crippen LogP contribution is 2.28. The predicted octanol–water partition coefficient (Wildman–Crippen LogP) is 3.70. The molecule has 0 aliphatic heterocycles. The van der Waals surface area contributed by atoms with E-state index in [-0.39, 0.29) is 5.91 Å². The molecule has 0 radical (unpaired) electrons. The van der Waals surface area contributed by atoms with Crippen molar-refractivity contribution in [2.75, 3.05) is 7.05 Å². The Morgan fingerprint density at radius 2 is 2.00 bits per heavy atom. The molecule has 1 aromatic rings. The van der Waals surface area contributed by atoms with Crippen molar-refractivity contribution in [1.29, 1.82) is 0 Å². The molecule has 1 aromatic carbocycles. The van der Waals surface area contributed by atoms with Crippen molar-refractivity contribution < 1.29 is 4.79 Å². The Bertz CT molecular complexity index is 446. The molecule has 2 atom stereocenters. The van der Waals surface area contributed by atoms with Crippen molar-refractivity contribution in [1.82, 2.24) is 4.90 Å². The van der Waals surface area contributed by atoms with Crippen molar-refractivity contribution in [3.8, 4) is 0 Å². The Morgan fingerprint density at radius 3 is 2.68 bits per heavy atom. The summed E-state index contributed by atoms with van der Waals surface area (Å²) in [5.74, 6) is 0.227. The van der Waals surface area contributed by atoms with Gasteiger partial charge in [-0.05, 0) is 30.9 Å². The molecule has 0 aromatic heterocycles. The third-order valence-corrected chi connectivity index (χ3v) is 5.21. The van der Waals surface area contributed by atoms with E-state index in [0.29, 0.717) is 17.3 Å². The first kappa shape index (κ1) is 14.6. The monoisotopic (exact) mass is 323 g/mol. The van der Waals surface area contributed by atoms with Crippen molar-refractivity contribution in [3.63, 3.8) is 0 Å². The smallest absolute Gasteiger partial charge is 0.227 e. The highest BCUT2D eigenvalue weighted by Gasteiger charge is 2.28. The van der Waals surface area contributed by atoms with Crippen molar-refractivity contribution >= 4 is 21.8 Å². The number of likely N-dealkylation sites (N-methyl/N-ethyl adjacent to an activating group) is 1. The third kappa shape index (κ3) is 3.59. The quantitative estimate of drug-likeness (QED) is 0.777. The molecule has 2 rings (SSSR count). The van der Waals surface area contributed by atoms with Crippen LogP contribution in [0.3, 0.4) is 0 Å². The molecule has 3 heteroatoms. The SMILES string of the molecule is Cc1ccccc1CC(=O)N(C)C1CCCCC1Br.